The maximum atomic E-state index is 11.5. The average molecular weight is 253 g/mol. The number of halogens is 1. The topological polar surface area (TPSA) is 58.2 Å². The van der Waals surface area contributed by atoms with Crippen molar-refractivity contribution in [2.45, 2.75) is 6.42 Å². The van der Waals surface area contributed by atoms with Crippen LogP contribution in [0, 0.1) is 0 Å². The Kier molecular flexibility index (Phi) is 5.23. The highest BCUT2D eigenvalue weighted by atomic mass is 35.5. The van der Waals surface area contributed by atoms with Gasteiger partial charge in [-0.25, -0.2) is 0 Å². The molecule has 0 radical (unpaired) electrons. The molecule has 0 heterocycles. The summed E-state index contributed by atoms with van der Waals surface area (Å²) in [5.41, 5.74) is 0.569. The minimum Gasteiger partial charge on any atom is -0.352 e. The molecule has 2 N–H and O–H groups in total. The highest BCUT2D eigenvalue weighted by molar-refractivity contribution is 6.30. The van der Waals surface area contributed by atoms with Crippen molar-refractivity contribution in [2.75, 3.05) is 11.9 Å². The zero-order valence-corrected chi connectivity index (χ0v) is 9.96. The Hall–Kier alpha value is -1.81. The summed E-state index contributed by atoms with van der Waals surface area (Å²) in [7, 11) is 0. The monoisotopic (exact) mass is 252 g/mol. The van der Waals surface area contributed by atoms with Gasteiger partial charge in [-0.05, 0) is 18.2 Å². The molecule has 17 heavy (non-hydrogen) atoms. The lowest BCUT2D eigenvalue weighted by atomic mass is 10.3. The number of hydrogen-bond acceptors (Lipinski definition) is 2. The van der Waals surface area contributed by atoms with E-state index in [1.807, 2.05) is 0 Å². The number of benzene rings is 1. The first-order valence-electron chi connectivity index (χ1n) is 5.05. The number of carbonyl (C=O) groups is 2. The molecule has 2 amide bonds. The van der Waals surface area contributed by atoms with Crippen LogP contribution in [0.3, 0.4) is 0 Å². The quantitative estimate of drug-likeness (QED) is 0.622. The zero-order chi connectivity index (χ0) is 12.7. The van der Waals surface area contributed by atoms with E-state index in [9.17, 15) is 9.59 Å². The van der Waals surface area contributed by atoms with E-state index in [1.165, 1.54) is 0 Å². The molecule has 1 aromatic carbocycles. The summed E-state index contributed by atoms with van der Waals surface area (Å²) in [6, 6.07) is 6.73. The Morgan fingerprint density at radius 2 is 2.12 bits per heavy atom. The SMILES string of the molecule is C=CCNC(=O)CC(=O)Nc1cccc(Cl)c1. The fourth-order valence-electron chi connectivity index (χ4n) is 1.17. The van der Waals surface area contributed by atoms with Gasteiger partial charge in [0, 0.05) is 17.3 Å². The second-order valence-electron chi connectivity index (χ2n) is 3.33. The van der Waals surface area contributed by atoms with Crippen LogP contribution in [0.2, 0.25) is 5.02 Å². The molecule has 5 heteroatoms. The van der Waals surface area contributed by atoms with E-state index >= 15 is 0 Å². The normalized spacial score (nSPS) is 9.47. The molecule has 0 atom stereocenters. The summed E-state index contributed by atoms with van der Waals surface area (Å²) >= 11 is 5.76. The predicted molar refractivity (Wildman–Crippen MR) is 67.9 cm³/mol. The van der Waals surface area contributed by atoms with Crippen molar-refractivity contribution in [3.8, 4) is 0 Å². The first-order valence-corrected chi connectivity index (χ1v) is 5.42. The van der Waals surface area contributed by atoms with Gasteiger partial charge in [0.15, 0.2) is 0 Å². The lowest BCUT2D eigenvalue weighted by Crippen LogP contribution is -2.28. The van der Waals surface area contributed by atoms with Gasteiger partial charge in [0.1, 0.15) is 6.42 Å². The fourth-order valence-corrected chi connectivity index (χ4v) is 1.36. The molecule has 0 unspecified atom stereocenters. The molecule has 0 saturated heterocycles. The number of carbonyl (C=O) groups excluding carboxylic acids is 2. The first kappa shape index (κ1) is 13.3. The number of anilines is 1. The molecular weight excluding hydrogens is 240 g/mol. The van der Waals surface area contributed by atoms with Crippen molar-refractivity contribution in [1.82, 2.24) is 5.32 Å². The van der Waals surface area contributed by atoms with E-state index in [2.05, 4.69) is 17.2 Å². The van der Waals surface area contributed by atoms with Gasteiger partial charge in [-0.2, -0.15) is 0 Å². The number of amides is 2. The second-order valence-corrected chi connectivity index (χ2v) is 3.76. The molecule has 4 nitrogen and oxygen atoms in total. The third-order valence-electron chi connectivity index (χ3n) is 1.87. The van der Waals surface area contributed by atoms with E-state index in [0.717, 1.165) is 0 Å². The molecule has 0 aliphatic rings. The molecule has 1 rings (SSSR count). The van der Waals surface area contributed by atoms with Gasteiger partial charge >= 0.3 is 0 Å². The van der Waals surface area contributed by atoms with E-state index in [1.54, 1.807) is 30.3 Å². The second kappa shape index (κ2) is 6.70. The Morgan fingerprint density at radius 1 is 1.35 bits per heavy atom. The van der Waals surface area contributed by atoms with E-state index in [0.29, 0.717) is 17.3 Å². The number of hydrogen-bond donors (Lipinski definition) is 2. The van der Waals surface area contributed by atoms with Crippen LogP contribution in [-0.4, -0.2) is 18.4 Å². The van der Waals surface area contributed by atoms with Gasteiger partial charge in [-0.3, -0.25) is 9.59 Å². The fraction of sp³-hybridized carbons (Fsp3) is 0.167. The summed E-state index contributed by atoms with van der Waals surface area (Å²) in [5, 5.41) is 5.62. The van der Waals surface area contributed by atoms with Crippen molar-refractivity contribution in [3.05, 3.63) is 41.9 Å². The number of nitrogens with one attached hydrogen (secondary N) is 2. The molecule has 0 aromatic heterocycles. The van der Waals surface area contributed by atoms with Gasteiger partial charge < -0.3 is 10.6 Å². The molecule has 1 aromatic rings. The third-order valence-corrected chi connectivity index (χ3v) is 2.11. The lowest BCUT2D eigenvalue weighted by molar-refractivity contribution is -0.126. The molecule has 0 spiro atoms. The van der Waals surface area contributed by atoms with Crippen molar-refractivity contribution in [2.24, 2.45) is 0 Å². The Morgan fingerprint density at radius 3 is 2.76 bits per heavy atom. The van der Waals surface area contributed by atoms with Crippen LogP contribution >= 0.6 is 11.6 Å². The van der Waals surface area contributed by atoms with Crippen molar-refractivity contribution in [3.63, 3.8) is 0 Å². The standard InChI is InChI=1S/C12H13ClN2O2/c1-2-6-14-11(16)8-12(17)15-10-5-3-4-9(13)7-10/h2-5,7H,1,6,8H2,(H,14,16)(H,15,17). The minimum absolute atomic E-state index is 0.222. The van der Waals surface area contributed by atoms with E-state index in [4.69, 9.17) is 11.6 Å². The largest absolute Gasteiger partial charge is 0.352 e. The molecular formula is C12H13ClN2O2. The molecule has 0 saturated carbocycles. The molecule has 90 valence electrons. The first-order chi connectivity index (χ1) is 8.11. The molecule has 0 fully saturated rings. The maximum absolute atomic E-state index is 11.5. The van der Waals surface area contributed by atoms with E-state index < -0.39 is 0 Å². The summed E-state index contributed by atoms with van der Waals surface area (Å²) in [6.07, 6.45) is 1.33. The molecule has 0 aliphatic carbocycles. The highest BCUT2D eigenvalue weighted by Gasteiger charge is 2.08. The predicted octanol–water partition coefficient (Wildman–Crippen LogP) is 1.97. The molecule has 0 bridgehead atoms. The van der Waals surface area contributed by atoms with Crippen molar-refractivity contribution < 1.29 is 9.59 Å². The Bertz CT molecular complexity index is 432. The average Bonchev–Trinajstić information content (AvgIpc) is 2.26. The van der Waals surface area contributed by atoms with Crippen LogP contribution in [0.25, 0.3) is 0 Å². The van der Waals surface area contributed by atoms with E-state index in [-0.39, 0.29) is 18.2 Å². The van der Waals surface area contributed by atoms with Gasteiger partial charge in [-0.1, -0.05) is 23.7 Å². The summed E-state index contributed by atoms with van der Waals surface area (Å²) in [5.74, 6) is -0.724. The zero-order valence-electron chi connectivity index (χ0n) is 9.20. The Balaban J connectivity index is 2.44. The van der Waals surface area contributed by atoms with Gasteiger partial charge in [0.05, 0.1) is 0 Å². The maximum Gasteiger partial charge on any atom is 0.233 e. The van der Waals surface area contributed by atoms with Crippen LogP contribution in [0.1, 0.15) is 6.42 Å². The Labute approximate surface area is 105 Å². The van der Waals surface area contributed by atoms with Crippen LogP contribution < -0.4 is 10.6 Å². The van der Waals surface area contributed by atoms with Crippen LogP contribution in [0.15, 0.2) is 36.9 Å². The summed E-state index contributed by atoms with van der Waals surface area (Å²) in [6.45, 7) is 3.81. The number of rotatable bonds is 5. The smallest absolute Gasteiger partial charge is 0.233 e. The lowest BCUT2D eigenvalue weighted by Gasteiger charge is -2.05. The summed E-state index contributed by atoms with van der Waals surface area (Å²) in [4.78, 5) is 22.7. The molecule has 0 aliphatic heterocycles. The van der Waals surface area contributed by atoms with Gasteiger partial charge in [0.25, 0.3) is 0 Å². The minimum atomic E-state index is -0.381. The van der Waals surface area contributed by atoms with Crippen molar-refractivity contribution >= 4 is 29.1 Å². The summed E-state index contributed by atoms with van der Waals surface area (Å²) < 4.78 is 0. The van der Waals surface area contributed by atoms with Gasteiger partial charge in [-0.15, -0.1) is 6.58 Å². The van der Waals surface area contributed by atoms with Crippen LogP contribution in [0.4, 0.5) is 5.69 Å². The van der Waals surface area contributed by atoms with Gasteiger partial charge in [0.2, 0.25) is 11.8 Å². The van der Waals surface area contributed by atoms with Crippen LogP contribution in [0.5, 0.6) is 0 Å². The van der Waals surface area contributed by atoms with Crippen LogP contribution in [-0.2, 0) is 9.59 Å². The third kappa shape index (κ3) is 5.17. The van der Waals surface area contributed by atoms with Crippen molar-refractivity contribution in [1.29, 1.82) is 0 Å². The highest BCUT2D eigenvalue weighted by Crippen LogP contribution is 2.14.